The summed E-state index contributed by atoms with van der Waals surface area (Å²) in [5.74, 6) is -0.419. The van der Waals surface area contributed by atoms with Gasteiger partial charge in [0, 0.05) is 52.3 Å². The van der Waals surface area contributed by atoms with E-state index >= 15 is 0 Å². The van der Waals surface area contributed by atoms with Crippen molar-refractivity contribution in [1.82, 2.24) is 15.6 Å². The Morgan fingerprint density at radius 3 is 2.04 bits per heavy atom. The third-order valence-electron chi connectivity index (χ3n) is 8.43. The van der Waals surface area contributed by atoms with Crippen LogP contribution in [-0.4, -0.2) is 32.2 Å². The Kier molecular flexibility index (Phi) is 11.1. The standard InChI is InChI=1S/C39H39Cl2N3O3Si/c1-39(2,3)48(29-11-7-5-8-12-29,30-13-9-6-10-14-30)47-26-33-34(40)21-20-32(37(33)41)31-23-24-43-35(31)25-44-36(45)22-17-27-15-18-28(19-16-27)38(46)42-4/h5-24,43H,25-26H2,1-4H3,(H,42,46)(H,44,45). The lowest BCUT2D eigenvalue weighted by Gasteiger charge is -2.43. The molecule has 0 spiro atoms. The Hall–Kier alpha value is -4.40. The highest BCUT2D eigenvalue weighted by Gasteiger charge is 2.50. The van der Waals surface area contributed by atoms with E-state index in [0.717, 1.165) is 22.4 Å². The molecule has 1 aromatic heterocycles. The van der Waals surface area contributed by atoms with Crippen LogP contribution in [0.5, 0.6) is 0 Å². The molecule has 9 heteroatoms. The van der Waals surface area contributed by atoms with E-state index in [2.05, 4.69) is 84.9 Å². The van der Waals surface area contributed by atoms with Crippen LogP contribution in [0.4, 0.5) is 0 Å². The van der Waals surface area contributed by atoms with Crippen LogP contribution in [-0.2, 0) is 22.4 Å². The van der Waals surface area contributed by atoms with Crippen LogP contribution >= 0.6 is 23.2 Å². The zero-order chi connectivity index (χ0) is 34.3. The van der Waals surface area contributed by atoms with Crippen molar-refractivity contribution in [3.8, 4) is 11.1 Å². The maximum Gasteiger partial charge on any atom is 0.261 e. The van der Waals surface area contributed by atoms with Crippen LogP contribution in [0.15, 0.2) is 115 Å². The molecule has 0 atom stereocenters. The van der Waals surface area contributed by atoms with Gasteiger partial charge in [-0.2, -0.15) is 0 Å². The summed E-state index contributed by atoms with van der Waals surface area (Å²) in [6, 6.07) is 33.6. The molecular formula is C39H39Cl2N3O3Si. The number of benzene rings is 4. The van der Waals surface area contributed by atoms with Crippen LogP contribution in [0.3, 0.4) is 0 Å². The van der Waals surface area contributed by atoms with Gasteiger partial charge >= 0.3 is 0 Å². The summed E-state index contributed by atoms with van der Waals surface area (Å²) in [5.41, 5.74) is 4.52. The quantitative estimate of drug-likeness (QED) is 0.0976. The van der Waals surface area contributed by atoms with E-state index in [-0.39, 0.29) is 30.0 Å². The topological polar surface area (TPSA) is 83.2 Å². The van der Waals surface area contributed by atoms with Gasteiger partial charge < -0.3 is 20.0 Å². The number of H-pyrrole nitrogens is 1. The maximum atomic E-state index is 12.7. The lowest BCUT2D eigenvalue weighted by molar-refractivity contribution is -0.116. The van der Waals surface area contributed by atoms with Gasteiger partial charge in [0.15, 0.2) is 0 Å². The number of rotatable bonds is 11. The molecule has 0 aliphatic carbocycles. The number of carbonyl (C=O) groups excluding carboxylic acids is 2. The first kappa shape index (κ1) is 34.9. The zero-order valence-corrected chi connectivity index (χ0v) is 30.0. The van der Waals surface area contributed by atoms with Crippen molar-refractivity contribution in [1.29, 1.82) is 0 Å². The van der Waals surface area contributed by atoms with Crippen LogP contribution in [0.25, 0.3) is 17.2 Å². The predicted octanol–water partition coefficient (Wildman–Crippen LogP) is 7.75. The van der Waals surface area contributed by atoms with Crippen LogP contribution < -0.4 is 21.0 Å². The lowest BCUT2D eigenvalue weighted by atomic mass is 10.0. The van der Waals surface area contributed by atoms with Gasteiger partial charge in [0.25, 0.3) is 14.2 Å². The molecule has 0 radical (unpaired) electrons. The van der Waals surface area contributed by atoms with E-state index in [4.69, 9.17) is 27.6 Å². The number of aromatic nitrogens is 1. The molecule has 48 heavy (non-hydrogen) atoms. The van der Waals surface area contributed by atoms with Gasteiger partial charge in [-0.3, -0.25) is 9.59 Å². The average Bonchev–Trinajstić information content (AvgIpc) is 3.56. The number of carbonyl (C=O) groups is 2. The van der Waals surface area contributed by atoms with Crippen LogP contribution in [0.2, 0.25) is 15.1 Å². The number of hydrogen-bond donors (Lipinski definition) is 3. The summed E-state index contributed by atoms with van der Waals surface area (Å²) in [6.45, 7) is 7.19. The zero-order valence-electron chi connectivity index (χ0n) is 27.4. The van der Waals surface area contributed by atoms with E-state index in [9.17, 15) is 9.59 Å². The second kappa shape index (κ2) is 15.2. The molecule has 3 N–H and O–H groups in total. The Morgan fingerprint density at radius 1 is 0.833 bits per heavy atom. The lowest BCUT2D eigenvalue weighted by Crippen LogP contribution is -2.66. The summed E-state index contributed by atoms with van der Waals surface area (Å²) in [6.07, 6.45) is 4.99. The fourth-order valence-corrected chi connectivity index (χ4v) is 11.1. The summed E-state index contributed by atoms with van der Waals surface area (Å²) in [7, 11) is -1.25. The molecule has 246 valence electrons. The van der Waals surface area contributed by atoms with Gasteiger partial charge in [-0.05, 0) is 51.3 Å². The summed E-state index contributed by atoms with van der Waals surface area (Å²) in [5, 5.41) is 8.70. The van der Waals surface area contributed by atoms with E-state index < -0.39 is 8.32 Å². The van der Waals surface area contributed by atoms with E-state index in [1.165, 1.54) is 16.4 Å². The predicted molar refractivity (Wildman–Crippen MR) is 199 cm³/mol. The van der Waals surface area contributed by atoms with Gasteiger partial charge in [0.1, 0.15) is 0 Å². The Bertz CT molecular complexity index is 1860. The molecular weight excluding hydrogens is 657 g/mol. The normalized spacial score (nSPS) is 11.9. The molecule has 0 aliphatic rings. The van der Waals surface area contributed by atoms with Crippen molar-refractivity contribution in [2.24, 2.45) is 0 Å². The maximum absolute atomic E-state index is 12.7. The third-order valence-corrected chi connectivity index (χ3v) is 14.2. The van der Waals surface area contributed by atoms with Crippen LogP contribution in [0, 0.1) is 0 Å². The number of amides is 2. The molecule has 0 fully saturated rings. The Morgan fingerprint density at radius 2 is 1.46 bits per heavy atom. The summed E-state index contributed by atoms with van der Waals surface area (Å²) in [4.78, 5) is 27.7. The van der Waals surface area contributed by atoms with Gasteiger partial charge in [-0.1, -0.05) is 123 Å². The molecule has 5 aromatic rings. The first-order valence-corrected chi connectivity index (χ1v) is 18.4. The second-order valence-electron chi connectivity index (χ2n) is 12.5. The van der Waals surface area contributed by atoms with Crippen molar-refractivity contribution in [2.45, 2.75) is 39.0 Å². The minimum absolute atomic E-state index is 0.162. The Labute approximate surface area is 293 Å². The highest BCUT2D eigenvalue weighted by atomic mass is 35.5. The summed E-state index contributed by atoms with van der Waals surface area (Å²) < 4.78 is 7.16. The molecule has 1 heterocycles. The molecule has 2 amide bonds. The minimum Gasteiger partial charge on any atom is -0.403 e. The van der Waals surface area contributed by atoms with Crippen molar-refractivity contribution >= 4 is 59.8 Å². The first-order valence-electron chi connectivity index (χ1n) is 15.7. The molecule has 5 rings (SSSR count). The van der Waals surface area contributed by atoms with E-state index in [1.54, 1.807) is 37.4 Å². The number of hydrogen-bond acceptors (Lipinski definition) is 3. The highest BCUT2D eigenvalue weighted by Crippen LogP contribution is 2.40. The fraction of sp³-hybridized carbons (Fsp3) is 0.179. The molecule has 0 saturated carbocycles. The Balaban J connectivity index is 1.37. The molecule has 0 aliphatic heterocycles. The number of aromatic amines is 1. The number of halogens is 2. The fourth-order valence-electron chi connectivity index (χ4n) is 5.98. The highest BCUT2D eigenvalue weighted by molar-refractivity contribution is 6.99. The smallest absolute Gasteiger partial charge is 0.261 e. The van der Waals surface area contributed by atoms with Gasteiger partial charge in [0.05, 0.1) is 18.2 Å². The molecule has 0 saturated heterocycles. The van der Waals surface area contributed by atoms with Crippen LogP contribution in [0.1, 0.15) is 48.0 Å². The van der Waals surface area contributed by atoms with E-state index in [0.29, 0.717) is 21.2 Å². The molecule has 4 aromatic carbocycles. The molecule has 0 unspecified atom stereocenters. The monoisotopic (exact) mass is 695 g/mol. The molecule has 6 nitrogen and oxygen atoms in total. The van der Waals surface area contributed by atoms with Crippen molar-refractivity contribution < 1.29 is 14.0 Å². The largest absolute Gasteiger partial charge is 0.403 e. The first-order chi connectivity index (χ1) is 23.0. The SMILES string of the molecule is CNC(=O)c1ccc(C=CC(=O)NCc2[nH]ccc2-c2ccc(Cl)c(CO[Si](c3ccccc3)(c3ccccc3)C(C)(C)C)c2Cl)cc1. The van der Waals surface area contributed by atoms with Gasteiger partial charge in [0.2, 0.25) is 5.91 Å². The van der Waals surface area contributed by atoms with Crippen molar-refractivity contribution in [3.63, 3.8) is 0 Å². The summed E-state index contributed by atoms with van der Waals surface area (Å²) >= 11 is 14.0. The average molecular weight is 697 g/mol. The van der Waals surface area contributed by atoms with Gasteiger partial charge in [-0.25, -0.2) is 0 Å². The van der Waals surface area contributed by atoms with E-state index in [1.807, 2.05) is 36.5 Å². The molecule has 0 bridgehead atoms. The second-order valence-corrected chi connectivity index (χ2v) is 17.6. The third kappa shape index (κ3) is 7.50. The number of nitrogens with one attached hydrogen (secondary N) is 3. The minimum atomic E-state index is -2.84. The van der Waals surface area contributed by atoms with Crippen molar-refractivity contribution in [2.75, 3.05) is 7.05 Å². The van der Waals surface area contributed by atoms with Crippen molar-refractivity contribution in [3.05, 3.63) is 148 Å². The van der Waals surface area contributed by atoms with Gasteiger partial charge in [-0.15, -0.1) is 0 Å².